The number of nitrogens with zero attached hydrogens (tertiary/aromatic N) is 4. The topological polar surface area (TPSA) is 133 Å². The number of fused-ring (bicyclic) bond motifs is 2. The van der Waals surface area contributed by atoms with Gasteiger partial charge in [-0.05, 0) is 12.5 Å². The van der Waals surface area contributed by atoms with Crippen molar-refractivity contribution in [1.82, 2.24) is 19.5 Å². The quantitative estimate of drug-likeness (QED) is 0.561. The molecule has 2 aliphatic heterocycles. The minimum Gasteiger partial charge on any atom is -0.479 e. The van der Waals surface area contributed by atoms with E-state index in [1.165, 1.54) is 24.9 Å². The van der Waals surface area contributed by atoms with Crippen LogP contribution in [-0.2, 0) is 29.5 Å². The number of rotatable bonds is 5. The number of phosphoric acid groups is 1. The van der Waals surface area contributed by atoms with Crippen molar-refractivity contribution >= 4 is 24.9 Å². The van der Waals surface area contributed by atoms with Crippen molar-refractivity contribution in [3.8, 4) is 5.88 Å². The molecule has 0 saturated carbocycles. The minimum atomic E-state index is -4.01. The SMILES string of the molecule is COc1nc(N)nc2c1ncn2[C@@H]1O[C@@H]2COP(=O)(OCc3ccccc3)O[C@H]2[C@@]1(C)F. The summed E-state index contributed by atoms with van der Waals surface area (Å²) in [5, 5.41) is 0. The zero-order valence-corrected chi connectivity index (χ0v) is 18.1. The fourth-order valence-corrected chi connectivity index (χ4v) is 5.31. The summed E-state index contributed by atoms with van der Waals surface area (Å²) in [6, 6.07) is 9.10. The fraction of sp³-hybridized carbons (Fsp3) is 0.421. The van der Waals surface area contributed by atoms with Crippen molar-refractivity contribution < 1.29 is 32.0 Å². The molecule has 2 aromatic heterocycles. The second kappa shape index (κ2) is 7.75. The van der Waals surface area contributed by atoms with Gasteiger partial charge in [-0.25, -0.2) is 13.9 Å². The predicted octanol–water partition coefficient (Wildman–Crippen LogP) is 2.78. The Balaban J connectivity index is 1.41. The molecule has 13 heteroatoms. The summed E-state index contributed by atoms with van der Waals surface area (Å²) < 4.78 is 57.8. The molecule has 170 valence electrons. The highest BCUT2D eigenvalue weighted by molar-refractivity contribution is 7.48. The summed E-state index contributed by atoms with van der Waals surface area (Å²) in [6.07, 6.45) is -1.88. The van der Waals surface area contributed by atoms with Crippen LogP contribution in [0.15, 0.2) is 36.7 Å². The molecule has 5 atom stereocenters. The van der Waals surface area contributed by atoms with E-state index < -0.39 is 31.9 Å². The number of nitrogen functional groups attached to an aromatic ring is 1. The summed E-state index contributed by atoms with van der Waals surface area (Å²) in [6.45, 7) is 1.12. The molecule has 0 radical (unpaired) electrons. The number of anilines is 1. The molecule has 1 aromatic carbocycles. The first kappa shape index (κ1) is 21.2. The Labute approximate surface area is 182 Å². The van der Waals surface area contributed by atoms with Crippen LogP contribution in [-0.4, -0.2) is 51.1 Å². The lowest BCUT2D eigenvalue weighted by Crippen LogP contribution is -2.44. The standard InChI is InChI=1S/C19H21FN5O6P/c1-19(20)14-12(9-29-32(26,31-14)28-8-11-6-4-3-5-7-11)30-17(19)25-10-22-13-15(25)23-18(21)24-16(13)27-2/h3-7,10,12,14,17H,8-9H2,1-2H3,(H2,21,23,24)/t12-,14-,17-,19-,32?/m1/s1. The number of hydrogen-bond acceptors (Lipinski definition) is 10. The Kier molecular flexibility index (Phi) is 5.14. The van der Waals surface area contributed by atoms with Gasteiger partial charge in [-0.1, -0.05) is 30.3 Å². The van der Waals surface area contributed by atoms with Gasteiger partial charge in [0.1, 0.15) is 12.2 Å². The molecule has 0 aliphatic carbocycles. The molecule has 1 unspecified atom stereocenters. The Hall–Kier alpha value is -2.63. The van der Waals surface area contributed by atoms with Gasteiger partial charge in [0.2, 0.25) is 11.8 Å². The molecule has 2 N–H and O–H groups in total. The zero-order valence-electron chi connectivity index (χ0n) is 17.3. The highest BCUT2D eigenvalue weighted by Crippen LogP contribution is 2.60. The summed E-state index contributed by atoms with van der Waals surface area (Å²) in [7, 11) is -2.60. The fourth-order valence-electron chi connectivity index (χ4n) is 3.86. The van der Waals surface area contributed by atoms with Crippen LogP contribution in [0.3, 0.4) is 0 Å². The van der Waals surface area contributed by atoms with Crippen molar-refractivity contribution in [3.63, 3.8) is 0 Å². The lowest BCUT2D eigenvalue weighted by molar-refractivity contribution is -0.0714. The average Bonchev–Trinajstić information content (AvgIpc) is 3.30. The Morgan fingerprint density at radius 3 is 2.88 bits per heavy atom. The van der Waals surface area contributed by atoms with E-state index in [0.29, 0.717) is 5.52 Å². The third-order valence-corrected chi connectivity index (χ3v) is 6.80. The Bertz CT molecular complexity index is 1190. The van der Waals surface area contributed by atoms with E-state index in [2.05, 4.69) is 15.0 Å². The molecule has 5 rings (SSSR count). The molecule has 11 nitrogen and oxygen atoms in total. The van der Waals surface area contributed by atoms with Crippen LogP contribution in [0.2, 0.25) is 0 Å². The maximum atomic E-state index is 16.1. The van der Waals surface area contributed by atoms with E-state index >= 15 is 4.39 Å². The number of imidazole rings is 1. The largest absolute Gasteiger partial charge is 0.479 e. The number of phosphoric ester groups is 1. The van der Waals surface area contributed by atoms with Gasteiger partial charge in [0.05, 0.1) is 26.7 Å². The number of aromatic nitrogens is 4. The van der Waals surface area contributed by atoms with Gasteiger partial charge < -0.3 is 15.2 Å². The first-order chi connectivity index (χ1) is 15.3. The van der Waals surface area contributed by atoms with Crippen molar-refractivity contribution in [3.05, 3.63) is 42.2 Å². The van der Waals surface area contributed by atoms with E-state index in [-0.39, 0.29) is 30.7 Å². The molecule has 2 fully saturated rings. The number of ether oxygens (including phenoxy) is 2. The first-order valence-electron chi connectivity index (χ1n) is 9.80. The first-order valence-corrected chi connectivity index (χ1v) is 11.3. The molecule has 2 aliphatic rings. The van der Waals surface area contributed by atoms with Crippen LogP contribution in [0.4, 0.5) is 10.3 Å². The normalized spacial score (nSPS) is 32.2. The van der Waals surface area contributed by atoms with Gasteiger partial charge in [0.15, 0.2) is 23.1 Å². The van der Waals surface area contributed by atoms with E-state index in [0.717, 1.165) is 5.56 Å². The van der Waals surface area contributed by atoms with Gasteiger partial charge in [0, 0.05) is 0 Å². The zero-order chi connectivity index (χ0) is 22.5. The third-order valence-electron chi connectivity index (χ3n) is 5.41. The van der Waals surface area contributed by atoms with Crippen molar-refractivity contribution in [2.45, 2.75) is 37.6 Å². The van der Waals surface area contributed by atoms with Gasteiger partial charge in [-0.3, -0.25) is 18.1 Å². The molecule has 4 heterocycles. The molecule has 2 saturated heterocycles. The van der Waals surface area contributed by atoms with Crippen LogP contribution in [0, 0.1) is 0 Å². The highest BCUT2D eigenvalue weighted by Gasteiger charge is 2.61. The lowest BCUT2D eigenvalue weighted by atomic mass is 9.98. The molecular formula is C19H21FN5O6P. The number of benzene rings is 1. The number of methoxy groups -OCH3 is 1. The van der Waals surface area contributed by atoms with E-state index in [1.807, 2.05) is 18.2 Å². The monoisotopic (exact) mass is 465 g/mol. The lowest BCUT2D eigenvalue weighted by Gasteiger charge is -2.33. The summed E-state index contributed by atoms with van der Waals surface area (Å²) in [4.78, 5) is 12.3. The maximum Gasteiger partial charge on any atom is 0.475 e. The second-order valence-corrected chi connectivity index (χ2v) is 9.24. The average molecular weight is 465 g/mol. The van der Waals surface area contributed by atoms with Gasteiger partial charge >= 0.3 is 7.82 Å². The second-order valence-electron chi connectivity index (χ2n) is 7.62. The minimum absolute atomic E-state index is 0.00899. The van der Waals surface area contributed by atoms with Crippen LogP contribution < -0.4 is 10.5 Å². The van der Waals surface area contributed by atoms with Crippen LogP contribution in [0.5, 0.6) is 5.88 Å². The number of alkyl halides is 1. The summed E-state index contributed by atoms with van der Waals surface area (Å²) in [5.41, 5.74) is 4.93. The van der Waals surface area contributed by atoms with E-state index in [9.17, 15) is 4.57 Å². The molecule has 32 heavy (non-hydrogen) atoms. The van der Waals surface area contributed by atoms with Gasteiger partial charge in [0.25, 0.3) is 0 Å². The Morgan fingerprint density at radius 2 is 2.12 bits per heavy atom. The molecule has 0 bridgehead atoms. The number of nitrogens with two attached hydrogens (primary N) is 1. The number of halogens is 1. The van der Waals surface area contributed by atoms with Crippen LogP contribution in [0.1, 0.15) is 18.7 Å². The molecule has 0 spiro atoms. The third kappa shape index (κ3) is 3.54. The molecule has 0 amide bonds. The van der Waals surface area contributed by atoms with Crippen molar-refractivity contribution in [2.75, 3.05) is 19.5 Å². The van der Waals surface area contributed by atoms with E-state index in [1.54, 1.807) is 12.1 Å². The molecular weight excluding hydrogens is 444 g/mol. The molecule has 3 aromatic rings. The smallest absolute Gasteiger partial charge is 0.475 e. The van der Waals surface area contributed by atoms with Crippen molar-refractivity contribution in [2.24, 2.45) is 0 Å². The number of hydrogen-bond donors (Lipinski definition) is 1. The predicted molar refractivity (Wildman–Crippen MR) is 109 cm³/mol. The van der Waals surface area contributed by atoms with E-state index in [4.69, 9.17) is 28.8 Å². The maximum absolute atomic E-state index is 16.1. The Morgan fingerprint density at radius 1 is 1.34 bits per heavy atom. The van der Waals surface area contributed by atoms with Crippen molar-refractivity contribution in [1.29, 1.82) is 0 Å². The van der Waals surface area contributed by atoms with Gasteiger partial charge in [-0.2, -0.15) is 9.97 Å². The van der Waals surface area contributed by atoms with Crippen LogP contribution >= 0.6 is 7.82 Å². The summed E-state index contributed by atoms with van der Waals surface area (Å²) in [5.74, 6) is 0.0890. The van der Waals surface area contributed by atoms with Gasteiger partial charge in [-0.15, -0.1) is 0 Å². The summed E-state index contributed by atoms with van der Waals surface area (Å²) >= 11 is 0. The van der Waals surface area contributed by atoms with Crippen LogP contribution in [0.25, 0.3) is 11.2 Å². The highest BCUT2D eigenvalue weighted by atomic mass is 31.2.